The van der Waals surface area contributed by atoms with Crippen LogP contribution < -0.4 is 5.32 Å². The number of hydrogen-bond acceptors (Lipinski definition) is 3. The van der Waals surface area contributed by atoms with E-state index in [-0.39, 0.29) is 23.7 Å². The lowest BCUT2D eigenvalue weighted by Crippen LogP contribution is -2.52. The second-order valence-electron chi connectivity index (χ2n) is 7.69. The summed E-state index contributed by atoms with van der Waals surface area (Å²) in [7, 11) is 0. The minimum Gasteiger partial charge on any atom is -0.350 e. The third kappa shape index (κ3) is 3.39. The number of carbonyl (C=O) groups is 2. The van der Waals surface area contributed by atoms with Gasteiger partial charge in [0.2, 0.25) is 5.91 Å². The first kappa shape index (κ1) is 19.8. The van der Waals surface area contributed by atoms with Crippen LogP contribution in [0.5, 0.6) is 0 Å². The number of rotatable bonds is 3. The summed E-state index contributed by atoms with van der Waals surface area (Å²) in [4.78, 5) is 27.5. The van der Waals surface area contributed by atoms with Crippen LogP contribution in [-0.2, 0) is 17.5 Å². The van der Waals surface area contributed by atoms with Gasteiger partial charge < -0.3 is 10.2 Å². The van der Waals surface area contributed by atoms with Crippen molar-refractivity contribution in [3.63, 3.8) is 0 Å². The highest BCUT2D eigenvalue weighted by Gasteiger charge is 2.57. The number of amides is 2. The van der Waals surface area contributed by atoms with Gasteiger partial charge in [0.15, 0.2) is 0 Å². The topological polar surface area (TPSA) is 49.4 Å². The predicted molar refractivity (Wildman–Crippen MR) is 104 cm³/mol. The lowest BCUT2D eigenvalue weighted by molar-refractivity contribution is -0.137. The van der Waals surface area contributed by atoms with Gasteiger partial charge in [-0.25, -0.2) is 0 Å². The molecule has 8 heteroatoms. The van der Waals surface area contributed by atoms with Gasteiger partial charge in [-0.3, -0.25) is 9.59 Å². The molecule has 2 aromatic rings. The molecule has 4 nitrogen and oxygen atoms in total. The van der Waals surface area contributed by atoms with E-state index < -0.39 is 22.5 Å². The Hall–Kier alpha value is -2.48. The predicted octanol–water partition coefficient (Wildman–Crippen LogP) is 4.37. The van der Waals surface area contributed by atoms with Crippen LogP contribution in [0.2, 0.25) is 0 Å². The zero-order chi connectivity index (χ0) is 21.0. The van der Waals surface area contributed by atoms with Gasteiger partial charge in [-0.1, -0.05) is 30.3 Å². The number of nitrogens with zero attached hydrogens (tertiary/aromatic N) is 1. The molecule has 2 aliphatic heterocycles. The van der Waals surface area contributed by atoms with Crippen LogP contribution in [0.3, 0.4) is 0 Å². The molecule has 0 aromatic heterocycles. The van der Waals surface area contributed by atoms with Gasteiger partial charge in [0.1, 0.15) is 11.4 Å². The summed E-state index contributed by atoms with van der Waals surface area (Å²) < 4.78 is 38.2. The lowest BCUT2D eigenvalue weighted by atomic mass is 10.0. The van der Waals surface area contributed by atoms with E-state index in [0.29, 0.717) is 11.1 Å². The largest absolute Gasteiger partial charge is 0.416 e. The zero-order valence-electron chi connectivity index (χ0n) is 15.8. The normalized spacial score (nSPS) is 22.4. The monoisotopic (exact) mass is 420 g/mol. The molecule has 2 unspecified atom stereocenters. The third-order valence-electron chi connectivity index (χ3n) is 5.27. The van der Waals surface area contributed by atoms with E-state index in [0.717, 1.165) is 17.7 Å². The molecule has 0 radical (unpaired) electrons. The highest BCUT2D eigenvalue weighted by molar-refractivity contribution is 8.01. The average Bonchev–Trinajstić information content (AvgIpc) is 3.09. The van der Waals surface area contributed by atoms with Crippen LogP contribution in [0.4, 0.5) is 13.2 Å². The molecule has 2 atom stereocenters. The van der Waals surface area contributed by atoms with Gasteiger partial charge in [-0.05, 0) is 43.2 Å². The molecule has 1 saturated heterocycles. The number of halogens is 3. The van der Waals surface area contributed by atoms with E-state index in [1.165, 1.54) is 12.1 Å². The van der Waals surface area contributed by atoms with Gasteiger partial charge in [-0.15, -0.1) is 11.8 Å². The quantitative estimate of drug-likeness (QED) is 0.802. The molecular formula is C21H19F3N2O2S. The van der Waals surface area contributed by atoms with Gasteiger partial charge in [0.25, 0.3) is 5.91 Å². The number of alkyl halides is 3. The maximum absolute atomic E-state index is 13.0. The van der Waals surface area contributed by atoms with Crippen LogP contribution >= 0.6 is 11.8 Å². The first-order valence-electron chi connectivity index (χ1n) is 9.13. The summed E-state index contributed by atoms with van der Waals surface area (Å²) in [6.07, 6.45) is -4.44. The summed E-state index contributed by atoms with van der Waals surface area (Å²) in [5.74, 6) is -0.563. The average molecular weight is 420 g/mol. The van der Waals surface area contributed by atoms with Crippen molar-refractivity contribution in [2.75, 3.05) is 0 Å². The zero-order valence-corrected chi connectivity index (χ0v) is 16.6. The number of thioether (sulfide) groups is 1. The van der Waals surface area contributed by atoms with Crippen LogP contribution in [0.25, 0.3) is 0 Å². The SMILES string of the molecule is CC1(C)SC2c3ccccc3C(=O)N2C1C(=O)NCc1cccc(C(F)(F)F)c1. The fourth-order valence-corrected chi connectivity index (χ4v) is 5.54. The summed E-state index contributed by atoms with van der Waals surface area (Å²) in [6, 6.07) is 11.4. The van der Waals surface area contributed by atoms with E-state index >= 15 is 0 Å². The molecule has 29 heavy (non-hydrogen) atoms. The highest BCUT2D eigenvalue weighted by atomic mass is 32.2. The van der Waals surface area contributed by atoms with E-state index in [4.69, 9.17) is 0 Å². The van der Waals surface area contributed by atoms with Gasteiger partial charge >= 0.3 is 6.18 Å². The lowest BCUT2D eigenvalue weighted by Gasteiger charge is -2.29. The van der Waals surface area contributed by atoms with E-state index in [2.05, 4.69) is 5.32 Å². The Morgan fingerprint density at radius 2 is 1.90 bits per heavy atom. The maximum atomic E-state index is 13.0. The van der Waals surface area contributed by atoms with Crippen molar-refractivity contribution in [1.82, 2.24) is 10.2 Å². The summed E-state index contributed by atoms with van der Waals surface area (Å²) in [5, 5.41) is 2.48. The van der Waals surface area contributed by atoms with Gasteiger partial charge in [0.05, 0.1) is 5.56 Å². The second-order valence-corrected chi connectivity index (χ2v) is 9.43. The first-order chi connectivity index (χ1) is 13.6. The molecule has 1 N–H and O–H groups in total. The van der Waals surface area contributed by atoms with Crippen LogP contribution in [0.15, 0.2) is 48.5 Å². The first-order valence-corrected chi connectivity index (χ1v) is 10.0. The maximum Gasteiger partial charge on any atom is 0.416 e. The van der Waals surface area contributed by atoms with E-state index in [1.807, 2.05) is 26.0 Å². The molecule has 0 spiro atoms. The molecule has 2 aliphatic rings. The van der Waals surface area contributed by atoms with Crippen molar-refractivity contribution in [1.29, 1.82) is 0 Å². The number of carbonyl (C=O) groups excluding carboxylic acids is 2. The fourth-order valence-electron chi connectivity index (χ4n) is 3.95. The molecule has 1 fully saturated rings. The highest BCUT2D eigenvalue weighted by Crippen LogP contribution is 2.56. The van der Waals surface area contributed by atoms with Gasteiger partial charge in [0, 0.05) is 16.9 Å². The number of nitrogens with one attached hydrogen (secondary N) is 1. The standard InChI is InChI=1S/C21H19F3N2O2S/c1-20(2)16(26-18(28)14-8-3-4-9-15(14)19(26)29-20)17(27)25-11-12-6-5-7-13(10-12)21(22,23)24/h3-10,16,19H,11H2,1-2H3,(H,25,27). The smallest absolute Gasteiger partial charge is 0.350 e. The Morgan fingerprint density at radius 1 is 1.17 bits per heavy atom. The number of hydrogen-bond donors (Lipinski definition) is 1. The molecule has 152 valence electrons. The second kappa shape index (κ2) is 6.79. The molecule has 2 amide bonds. The minimum atomic E-state index is -4.44. The Balaban J connectivity index is 1.54. The van der Waals surface area contributed by atoms with E-state index in [1.54, 1.807) is 28.8 Å². The Labute approximate surface area is 170 Å². The summed E-state index contributed by atoms with van der Waals surface area (Å²) in [6.45, 7) is 3.76. The molecule has 0 aliphatic carbocycles. The van der Waals surface area contributed by atoms with Crippen molar-refractivity contribution in [3.05, 3.63) is 70.8 Å². The fraction of sp³-hybridized carbons (Fsp3) is 0.333. The van der Waals surface area contributed by atoms with Gasteiger partial charge in [-0.2, -0.15) is 13.2 Å². The Kier molecular flexibility index (Phi) is 4.64. The third-order valence-corrected chi connectivity index (χ3v) is 6.80. The van der Waals surface area contributed by atoms with Crippen molar-refractivity contribution in [3.8, 4) is 0 Å². The molecular weight excluding hydrogens is 401 g/mol. The molecule has 2 heterocycles. The number of benzene rings is 2. The molecule has 0 saturated carbocycles. The molecule has 0 bridgehead atoms. The summed E-state index contributed by atoms with van der Waals surface area (Å²) >= 11 is 1.54. The Bertz CT molecular complexity index is 990. The van der Waals surface area contributed by atoms with Crippen molar-refractivity contribution in [2.24, 2.45) is 0 Å². The van der Waals surface area contributed by atoms with Crippen LogP contribution in [-0.4, -0.2) is 27.5 Å². The van der Waals surface area contributed by atoms with Crippen LogP contribution in [0.1, 0.15) is 46.3 Å². The van der Waals surface area contributed by atoms with Crippen molar-refractivity contribution < 1.29 is 22.8 Å². The Morgan fingerprint density at radius 3 is 2.62 bits per heavy atom. The van der Waals surface area contributed by atoms with Crippen LogP contribution in [0, 0.1) is 0 Å². The minimum absolute atomic E-state index is 0.0420. The number of fused-ring (bicyclic) bond motifs is 3. The molecule has 2 aromatic carbocycles. The summed E-state index contributed by atoms with van der Waals surface area (Å²) in [5.41, 5.74) is 1.08. The van der Waals surface area contributed by atoms with Crippen molar-refractivity contribution >= 4 is 23.6 Å². The van der Waals surface area contributed by atoms with E-state index in [9.17, 15) is 22.8 Å². The molecule has 4 rings (SSSR count). The van der Waals surface area contributed by atoms with Crippen molar-refractivity contribution in [2.45, 2.75) is 42.7 Å².